The van der Waals surface area contributed by atoms with E-state index in [4.69, 9.17) is 16.3 Å². The Hall–Kier alpha value is -1.13. The molecule has 0 radical (unpaired) electrons. The Kier molecular flexibility index (Phi) is 3.18. The fourth-order valence-corrected chi connectivity index (χ4v) is 1.52. The fourth-order valence-electron chi connectivity index (χ4n) is 1.02. The minimum absolute atomic E-state index is 0.399. The van der Waals surface area contributed by atoms with Crippen LogP contribution in [-0.2, 0) is 0 Å². The van der Waals surface area contributed by atoms with Crippen LogP contribution in [0.5, 0.6) is 11.6 Å². The molecule has 0 unspecified atom stereocenters. The SMILES string of the molecule is Clc1cccc(Oc2cncc(Br)c2)n1. The van der Waals surface area contributed by atoms with E-state index in [0.29, 0.717) is 16.8 Å². The Labute approximate surface area is 100 Å². The van der Waals surface area contributed by atoms with E-state index in [-0.39, 0.29) is 0 Å². The average Bonchev–Trinajstić information content (AvgIpc) is 2.17. The Balaban J connectivity index is 2.22. The van der Waals surface area contributed by atoms with Crippen LogP contribution in [-0.4, -0.2) is 9.97 Å². The highest BCUT2D eigenvalue weighted by atomic mass is 79.9. The molecule has 0 aliphatic heterocycles. The Morgan fingerprint density at radius 1 is 1.27 bits per heavy atom. The molecule has 15 heavy (non-hydrogen) atoms. The van der Waals surface area contributed by atoms with Gasteiger partial charge in [-0.2, -0.15) is 0 Å². The van der Waals surface area contributed by atoms with Crippen molar-refractivity contribution in [3.05, 3.63) is 46.3 Å². The molecule has 3 nitrogen and oxygen atoms in total. The van der Waals surface area contributed by atoms with E-state index in [1.54, 1.807) is 36.7 Å². The average molecular weight is 286 g/mol. The van der Waals surface area contributed by atoms with Gasteiger partial charge in [-0.25, -0.2) is 4.98 Å². The zero-order chi connectivity index (χ0) is 10.7. The van der Waals surface area contributed by atoms with Crippen molar-refractivity contribution in [3.63, 3.8) is 0 Å². The first-order chi connectivity index (χ1) is 7.24. The molecule has 0 bridgehead atoms. The predicted octanol–water partition coefficient (Wildman–Crippen LogP) is 3.68. The minimum atomic E-state index is 0.399. The van der Waals surface area contributed by atoms with Gasteiger partial charge in [0, 0.05) is 16.7 Å². The predicted molar refractivity (Wildman–Crippen MR) is 61.3 cm³/mol. The molecule has 2 rings (SSSR count). The lowest BCUT2D eigenvalue weighted by molar-refractivity contribution is 0.460. The van der Waals surface area contributed by atoms with Crippen LogP contribution in [0.4, 0.5) is 0 Å². The maximum atomic E-state index is 5.73. The number of rotatable bonds is 2. The monoisotopic (exact) mass is 284 g/mol. The number of pyridine rings is 2. The first-order valence-corrected chi connectivity index (χ1v) is 5.32. The molecule has 2 heterocycles. The number of nitrogens with zero attached hydrogens (tertiary/aromatic N) is 2. The summed E-state index contributed by atoms with van der Waals surface area (Å²) in [5, 5.41) is 0.399. The molecule has 0 amide bonds. The molecular weight excluding hydrogens is 279 g/mol. The molecule has 0 saturated heterocycles. The second-order valence-corrected chi connectivity index (χ2v) is 4.04. The Morgan fingerprint density at radius 3 is 2.87 bits per heavy atom. The minimum Gasteiger partial charge on any atom is -0.437 e. The van der Waals surface area contributed by atoms with Crippen LogP contribution in [0.1, 0.15) is 0 Å². The molecule has 2 aromatic heterocycles. The van der Waals surface area contributed by atoms with Gasteiger partial charge in [0.25, 0.3) is 0 Å². The summed E-state index contributed by atoms with van der Waals surface area (Å²) in [6.07, 6.45) is 3.28. The van der Waals surface area contributed by atoms with E-state index in [9.17, 15) is 0 Å². The molecule has 0 spiro atoms. The van der Waals surface area contributed by atoms with Gasteiger partial charge in [0.05, 0.1) is 6.20 Å². The van der Waals surface area contributed by atoms with Crippen molar-refractivity contribution in [3.8, 4) is 11.6 Å². The summed E-state index contributed by atoms with van der Waals surface area (Å²) in [5.74, 6) is 1.06. The van der Waals surface area contributed by atoms with Gasteiger partial charge in [-0.1, -0.05) is 17.7 Å². The smallest absolute Gasteiger partial charge is 0.220 e. The van der Waals surface area contributed by atoms with Crippen molar-refractivity contribution in [1.29, 1.82) is 0 Å². The number of hydrogen-bond acceptors (Lipinski definition) is 3. The lowest BCUT2D eigenvalue weighted by Gasteiger charge is -2.03. The van der Waals surface area contributed by atoms with Crippen LogP contribution in [0.3, 0.4) is 0 Å². The van der Waals surface area contributed by atoms with Gasteiger partial charge in [-0.3, -0.25) is 4.98 Å². The first-order valence-electron chi connectivity index (χ1n) is 4.15. The van der Waals surface area contributed by atoms with Gasteiger partial charge in [0.15, 0.2) is 0 Å². The largest absolute Gasteiger partial charge is 0.437 e. The Morgan fingerprint density at radius 2 is 2.13 bits per heavy atom. The highest BCUT2D eigenvalue weighted by Crippen LogP contribution is 2.22. The lowest BCUT2D eigenvalue weighted by atomic mass is 10.4. The third-order valence-electron chi connectivity index (χ3n) is 1.59. The second-order valence-electron chi connectivity index (χ2n) is 2.74. The summed E-state index contributed by atoms with van der Waals surface area (Å²) in [6, 6.07) is 6.99. The third-order valence-corrected chi connectivity index (χ3v) is 2.24. The Bertz CT molecular complexity index is 435. The first kappa shape index (κ1) is 10.4. The lowest BCUT2D eigenvalue weighted by Crippen LogP contribution is -1.88. The summed E-state index contributed by atoms with van der Waals surface area (Å²) in [5.41, 5.74) is 0. The zero-order valence-electron chi connectivity index (χ0n) is 7.52. The second kappa shape index (κ2) is 4.59. The molecule has 0 fully saturated rings. The molecular formula is C10H6BrClN2O. The van der Waals surface area contributed by atoms with Crippen LogP contribution in [0.15, 0.2) is 41.1 Å². The highest BCUT2D eigenvalue weighted by molar-refractivity contribution is 9.10. The highest BCUT2D eigenvalue weighted by Gasteiger charge is 2.00. The van der Waals surface area contributed by atoms with Crippen LogP contribution < -0.4 is 4.74 Å². The van der Waals surface area contributed by atoms with E-state index in [1.807, 2.05) is 0 Å². The standard InChI is InChI=1S/C10H6BrClN2O/c11-7-4-8(6-13-5-7)15-10-3-1-2-9(12)14-10/h1-6H. The van der Waals surface area contributed by atoms with Gasteiger partial charge in [-0.15, -0.1) is 0 Å². The summed E-state index contributed by atoms with van der Waals surface area (Å²) >= 11 is 9.03. The van der Waals surface area contributed by atoms with E-state index in [0.717, 1.165) is 4.47 Å². The normalized spacial score (nSPS) is 10.0. The molecule has 0 aliphatic carbocycles. The van der Waals surface area contributed by atoms with Crippen molar-refractivity contribution in [2.24, 2.45) is 0 Å². The van der Waals surface area contributed by atoms with Crippen molar-refractivity contribution >= 4 is 27.5 Å². The number of halogens is 2. The van der Waals surface area contributed by atoms with Gasteiger partial charge in [0.2, 0.25) is 5.88 Å². The van der Waals surface area contributed by atoms with Crippen molar-refractivity contribution in [2.75, 3.05) is 0 Å². The molecule has 5 heteroatoms. The number of ether oxygens (including phenoxy) is 1. The van der Waals surface area contributed by atoms with Gasteiger partial charge in [-0.05, 0) is 28.1 Å². The topological polar surface area (TPSA) is 35.0 Å². The van der Waals surface area contributed by atoms with Gasteiger partial charge >= 0.3 is 0 Å². The van der Waals surface area contributed by atoms with E-state index in [2.05, 4.69) is 25.9 Å². The van der Waals surface area contributed by atoms with Crippen LogP contribution in [0.25, 0.3) is 0 Å². The fraction of sp³-hybridized carbons (Fsp3) is 0. The van der Waals surface area contributed by atoms with Gasteiger partial charge < -0.3 is 4.74 Å². The van der Waals surface area contributed by atoms with Crippen LogP contribution >= 0.6 is 27.5 Å². The number of aromatic nitrogens is 2. The molecule has 0 atom stereocenters. The van der Waals surface area contributed by atoms with Crippen molar-refractivity contribution < 1.29 is 4.74 Å². The summed E-state index contributed by atoms with van der Waals surface area (Å²) < 4.78 is 6.30. The van der Waals surface area contributed by atoms with Gasteiger partial charge in [0.1, 0.15) is 10.9 Å². The van der Waals surface area contributed by atoms with E-state index in [1.165, 1.54) is 0 Å². The zero-order valence-corrected chi connectivity index (χ0v) is 9.86. The van der Waals surface area contributed by atoms with Crippen LogP contribution in [0.2, 0.25) is 5.15 Å². The van der Waals surface area contributed by atoms with E-state index >= 15 is 0 Å². The summed E-state index contributed by atoms with van der Waals surface area (Å²) in [6.45, 7) is 0. The summed E-state index contributed by atoms with van der Waals surface area (Å²) in [7, 11) is 0. The van der Waals surface area contributed by atoms with Crippen molar-refractivity contribution in [1.82, 2.24) is 9.97 Å². The molecule has 0 N–H and O–H groups in total. The number of hydrogen-bond donors (Lipinski definition) is 0. The van der Waals surface area contributed by atoms with E-state index < -0.39 is 0 Å². The summed E-state index contributed by atoms with van der Waals surface area (Å²) in [4.78, 5) is 7.97. The quantitative estimate of drug-likeness (QED) is 0.789. The molecule has 2 aromatic rings. The molecule has 0 aliphatic rings. The van der Waals surface area contributed by atoms with Crippen LogP contribution in [0, 0.1) is 0 Å². The maximum absolute atomic E-state index is 5.73. The maximum Gasteiger partial charge on any atom is 0.220 e. The molecule has 0 aromatic carbocycles. The molecule has 76 valence electrons. The third kappa shape index (κ3) is 2.91. The van der Waals surface area contributed by atoms with Crippen molar-refractivity contribution in [2.45, 2.75) is 0 Å². The molecule has 0 saturated carbocycles.